The van der Waals surface area contributed by atoms with E-state index in [1.807, 2.05) is 49.4 Å². The zero-order valence-corrected chi connectivity index (χ0v) is 11.9. The van der Waals surface area contributed by atoms with Gasteiger partial charge in [0.1, 0.15) is 5.75 Å². The lowest BCUT2D eigenvalue weighted by atomic mass is 10.3. The van der Waals surface area contributed by atoms with E-state index in [1.165, 1.54) is 0 Å². The minimum Gasteiger partial charge on any atom is -0.494 e. The molecule has 0 atom stereocenters. The van der Waals surface area contributed by atoms with Crippen LogP contribution in [-0.2, 0) is 0 Å². The number of anilines is 3. The summed E-state index contributed by atoms with van der Waals surface area (Å²) < 4.78 is 6.56. The number of fused-ring (bicyclic) bond motifs is 1. The highest BCUT2D eigenvalue weighted by Gasteiger charge is 2.05. The third kappa shape index (κ3) is 2.67. The van der Waals surface area contributed by atoms with E-state index < -0.39 is 0 Å². The number of ether oxygens (including phenoxy) is 1. The van der Waals surface area contributed by atoms with Crippen molar-refractivity contribution >= 4 is 38.1 Å². The molecule has 0 saturated carbocycles. The van der Waals surface area contributed by atoms with Gasteiger partial charge in [-0.25, -0.2) is 4.98 Å². The average Bonchev–Trinajstić information content (AvgIpc) is 2.81. The van der Waals surface area contributed by atoms with Gasteiger partial charge < -0.3 is 15.8 Å². The largest absolute Gasteiger partial charge is 0.494 e. The topological polar surface area (TPSA) is 60.2 Å². The lowest BCUT2D eigenvalue weighted by Crippen LogP contribution is -1.93. The third-order valence-corrected chi connectivity index (χ3v) is 3.74. The summed E-state index contributed by atoms with van der Waals surface area (Å²) in [5, 5.41) is 4.14. The van der Waals surface area contributed by atoms with Gasteiger partial charge in [-0.2, -0.15) is 0 Å². The van der Waals surface area contributed by atoms with Gasteiger partial charge >= 0.3 is 0 Å². The van der Waals surface area contributed by atoms with Crippen LogP contribution in [0.4, 0.5) is 16.5 Å². The maximum absolute atomic E-state index is 5.78. The Bertz CT molecular complexity index is 739. The maximum Gasteiger partial charge on any atom is 0.188 e. The minimum absolute atomic E-state index is 0.657. The van der Waals surface area contributed by atoms with Crippen molar-refractivity contribution in [3.05, 3.63) is 42.5 Å². The van der Waals surface area contributed by atoms with Gasteiger partial charge in [0.25, 0.3) is 0 Å². The number of thiazole rings is 1. The van der Waals surface area contributed by atoms with E-state index in [-0.39, 0.29) is 0 Å². The van der Waals surface area contributed by atoms with Crippen molar-refractivity contribution in [3.8, 4) is 5.75 Å². The van der Waals surface area contributed by atoms with E-state index in [9.17, 15) is 0 Å². The Morgan fingerprint density at radius 1 is 1.25 bits per heavy atom. The fourth-order valence-corrected chi connectivity index (χ4v) is 2.88. The van der Waals surface area contributed by atoms with Crippen LogP contribution in [0.1, 0.15) is 6.92 Å². The molecule has 0 saturated heterocycles. The van der Waals surface area contributed by atoms with Crippen molar-refractivity contribution in [1.29, 1.82) is 0 Å². The second kappa shape index (κ2) is 5.38. The van der Waals surface area contributed by atoms with Gasteiger partial charge in [-0.05, 0) is 37.3 Å². The highest BCUT2D eigenvalue weighted by atomic mass is 32.1. The summed E-state index contributed by atoms with van der Waals surface area (Å²) in [6.45, 7) is 2.63. The van der Waals surface area contributed by atoms with Gasteiger partial charge in [-0.15, -0.1) is 0 Å². The zero-order valence-electron chi connectivity index (χ0n) is 11.1. The molecule has 0 amide bonds. The van der Waals surface area contributed by atoms with Crippen molar-refractivity contribution in [1.82, 2.24) is 4.98 Å². The molecule has 0 spiro atoms. The molecule has 3 aromatic rings. The lowest BCUT2D eigenvalue weighted by molar-refractivity contribution is 0.340. The highest BCUT2D eigenvalue weighted by Crippen LogP contribution is 2.30. The molecule has 102 valence electrons. The Kier molecular flexibility index (Phi) is 3.43. The first-order valence-electron chi connectivity index (χ1n) is 6.40. The standard InChI is InChI=1S/C15H15N3OS/c1-2-19-12-5-3-4-11(9-12)17-15-18-13-7-6-10(16)8-14(13)20-15/h3-9H,2,16H2,1H3,(H,17,18). The van der Waals surface area contributed by atoms with Crippen LogP contribution in [0.5, 0.6) is 5.75 Å². The van der Waals surface area contributed by atoms with E-state index >= 15 is 0 Å². The molecule has 0 aliphatic carbocycles. The van der Waals surface area contributed by atoms with Crippen LogP contribution in [0.15, 0.2) is 42.5 Å². The number of hydrogen-bond donors (Lipinski definition) is 2. The van der Waals surface area contributed by atoms with Crippen LogP contribution in [0, 0.1) is 0 Å². The van der Waals surface area contributed by atoms with Gasteiger partial charge in [0.05, 0.1) is 16.8 Å². The number of benzene rings is 2. The zero-order chi connectivity index (χ0) is 13.9. The van der Waals surface area contributed by atoms with Gasteiger partial charge in [0.15, 0.2) is 5.13 Å². The molecular weight excluding hydrogens is 270 g/mol. The Hall–Kier alpha value is -2.27. The van der Waals surface area contributed by atoms with Crippen LogP contribution in [-0.4, -0.2) is 11.6 Å². The lowest BCUT2D eigenvalue weighted by Gasteiger charge is -2.06. The van der Waals surface area contributed by atoms with Crippen molar-refractivity contribution in [3.63, 3.8) is 0 Å². The number of aromatic nitrogens is 1. The highest BCUT2D eigenvalue weighted by molar-refractivity contribution is 7.22. The summed E-state index contributed by atoms with van der Waals surface area (Å²) >= 11 is 1.58. The Morgan fingerprint density at radius 2 is 2.15 bits per heavy atom. The average molecular weight is 285 g/mol. The first-order chi connectivity index (χ1) is 9.74. The predicted octanol–water partition coefficient (Wildman–Crippen LogP) is 4.02. The summed E-state index contributed by atoms with van der Waals surface area (Å²) in [5.74, 6) is 0.850. The van der Waals surface area contributed by atoms with Crippen molar-refractivity contribution in [2.75, 3.05) is 17.7 Å². The number of rotatable bonds is 4. The van der Waals surface area contributed by atoms with Crippen LogP contribution >= 0.6 is 11.3 Å². The maximum atomic E-state index is 5.78. The molecule has 3 rings (SSSR count). The number of nitrogens with zero attached hydrogens (tertiary/aromatic N) is 1. The molecule has 4 nitrogen and oxygen atoms in total. The predicted molar refractivity (Wildman–Crippen MR) is 84.9 cm³/mol. The van der Waals surface area contributed by atoms with Gasteiger partial charge in [0.2, 0.25) is 0 Å². The van der Waals surface area contributed by atoms with E-state index in [0.717, 1.165) is 32.5 Å². The molecule has 3 N–H and O–H groups in total. The number of nitrogens with two attached hydrogens (primary N) is 1. The number of hydrogen-bond acceptors (Lipinski definition) is 5. The van der Waals surface area contributed by atoms with Crippen LogP contribution < -0.4 is 15.8 Å². The van der Waals surface area contributed by atoms with E-state index in [0.29, 0.717) is 6.61 Å². The van der Waals surface area contributed by atoms with E-state index in [1.54, 1.807) is 11.3 Å². The molecule has 20 heavy (non-hydrogen) atoms. The molecule has 5 heteroatoms. The smallest absolute Gasteiger partial charge is 0.188 e. The fourth-order valence-electron chi connectivity index (χ4n) is 1.95. The Balaban J connectivity index is 1.87. The minimum atomic E-state index is 0.657. The summed E-state index contributed by atoms with van der Waals surface area (Å²) in [6, 6.07) is 13.6. The second-order valence-corrected chi connectivity index (χ2v) is 5.36. The molecule has 1 heterocycles. The quantitative estimate of drug-likeness (QED) is 0.711. The Morgan fingerprint density at radius 3 is 3.00 bits per heavy atom. The molecule has 0 fully saturated rings. The monoisotopic (exact) mass is 285 g/mol. The van der Waals surface area contributed by atoms with Crippen molar-refractivity contribution in [2.24, 2.45) is 0 Å². The molecule has 0 radical (unpaired) electrons. The second-order valence-electron chi connectivity index (χ2n) is 4.33. The number of nitrogen functional groups attached to an aromatic ring is 1. The van der Waals surface area contributed by atoms with Gasteiger partial charge in [-0.3, -0.25) is 0 Å². The summed E-state index contributed by atoms with van der Waals surface area (Å²) in [4.78, 5) is 4.54. The molecule has 1 aromatic heterocycles. The Labute approximate surface area is 121 Å². The third-order valence-electron chi connectivity index (χ3n) is 2.81. The molecule has 0 aliphatic heterocycles. The summed E-state index contributed by atoms with van der Waals surface area (Å²) in [7, 11) is 0. The molecule has 2 aromatic carbocycles. The SMILES string of the molecule is CCOc1cccc(Nc2nc3ccc(N)cc3s2)c1. The molecule has 0 aliphatic rings. The molecule has 0 unspecified atom stereocenters. The van der Waals surface area contributed by atoms with Gasteiger partial charge in [-0.1, -0.05) is 17.4 Å². The van der Waals surface area contributed by atoms with E-state index in [4.69, 9.17) is 10.5 Å². The summed E-state index contributed by atoms with van der Waals surface area (Å²) in [6.07, 6.45) is 0. The molecule has 0 bridgehead atoms. The first kappa shape index (κ1) is 12.7. The van der Waals surface area contributed by atoms with Gasteiger partial charge in [0, 0.05) is 17.4 Å². The summed E-state index contributed by atoms with van der Waals surface area (Å²) in [5.41, 5.74) is 8.45. The fraction of sp³-hybridized carbons (Fsp3) is 0.133. The van der Waals surface area contributed by atoms with Crippen LogP contribution in [0.2, 0.25) is 0 Å². The first-order valence-corrected chi connectivity index (χ1v) is 7.22. The van der Waals surface area contributed by atoms with Crippen LogP contribution in [0.3, 0.4) is 0 Å². The van der Waals surface area contributed by atoms with Crippen molar-refractivity contribution in [2.45, 2.75) is 6.92 Å². The normalized spacial score (nSPS) is 10.7. The van der Waals surface area contributed by atoms with Crippen LogP contribution in [0.25, 0.3) is 10.2 Å². The number of nitrogens with one attached hydrogen (secondary N) is 1. The van der Waals surface area contributed by atoms with Crippen molar-refractivity contribution < 1.29 is 4.74 Å². The molecular formula is C15H15N3OS. The van der Waals surface area contributed by atoms with E-state index in [2.05, 4.69) is 10.3 Å².